The first-order valence-corrected chi connectivity index (χ1v) is 7.02. The predicted octanol–water partition coefficient (Wildman–Crippen LogP) is 3.22. The highest BCUT2D eigenvalue weighted by atomic mass is 16.5. The highest BCUT2D eigenvalue weighted by Gasteiger charge is 2.19. The SMILES string of the molecule is Oc1ccc(COc2ccc(CNC3CC3)cc2)cc1. The van der Waals surface area contributed by atoms with Crippen LogP contribution in [0.2, 0.25) is 0 Å². The fourth-order valence-electron chi connectivity index (χ4n) is 2.01. The van der Waals surface area contributed by atoms with E-state index < -0.39 is 0 Å². The summed E-state index contributed by atoms with van der Waals surface area (Å²) in [4.78, 5) is 0. The number of rotatable bonds is 6. The first-order valence-electron chi connectivity index (χ1n) is 7.02. The molecule has 0 radical (unpaired) electrons. The van der Waals surface area contributed by atoms with Crippen molar-refractivity contribution in [3.8, 4) is 11.5 Å². The van der Waals surface area contributed by atoms with Crippen molar-refractivity contribution in [3.05, 3.63) is 59.7 Å². The average Bonchev–Trinajstić information content (AvgIpc) is 3.30. The smallest absolute Gasteiger partial charge is 0.119 e. The molecule has 20 heavy (non-hydrogen) atoms. The van der Waals surface area contributed by atoms with E-state index in [0.717, 1.165) is 23.9 Å². The van der Waals surface area contributed by atoms with Gasteiger partial charge in [-0.3, -0.25) is 0 Å². The van der Waals surface area contributed by atoms with Crippen LogP contribution in [0, 0.1) is 0 Å². The standard InChI is InChI=1S/C17H19NO2/c19-16-7-1-14(2-8-16)12-20-17-9-3-13(4-10-17)11-18-15-5-6-15/h1-4,7-10,15,18-19H,5-6,11-12H2. The number of benzene rings is 2. The molecule has 0 heterocycles. The molecular weight excluding hydrogens is 250 g/mol. The van der Waals surface area contributed by atoms with Crippen LogP contribution in [0.4, 0.5) is 0 Å². The number of phenolic OH excluding ortho intramolecular Hbond substituents is 1. The summed E-state index contributed by atoms with van der Waals surface area (Å²) in [6, 6.07) is 16.0. The van der Waals surface area contributed by atoms with E-state index in [2.05, 4.69) is 17.4 Å². The third-order valence-corrected chi connectivity index (χ3v) is 3.44. The molecule has 104 valence electrons. The lowest BCUT2D eigenvalue weighted by Crippen LogP contribution is -2.15. The molecule has 1 aliphatic carbocycles. The van der Waals surface area contributed by atoms with Crippen LogP contribution in [-0.2, 0) is 13.2 Å². The van der Waals surface area contributed by atoms with Crippen LogP contribution in [-0.4, -0.2) is 11.1 Å². The summed E-state index contributed by atoms with van der Waals surface area (Å²) in [7, 11) is 0. The van der Waals surface area contributed by atoms with Gasteiger partial charge in [-0.05, 0) is 48.2 Å². The maximum absolute atomic E-state index is 9.22. The molecule has 2 aromatic rings. The number of hydrogen-bond donors (Lipinski definition) is 2. The molecule has 0 unspecified atom stereocenters. The molecule has 3 heteroatoms. The Morgan fingerprint density at radius 2 is 1.60 bits per heavy atom. The molecule has 0 aromatic heterocycles. The monoisotopic (exact) mass is 269 g/mol. The molecule has 3 nitrogen and oxygen atoms in total. The summed E-state index contributed by atoms with van der Waals surface area (Å²) >= 11 is 0. The fourth-order valence-corrected chi connectivity index (χ4v) is 2.01. The van der Waals surface area contributed by atoms with Gasteiger partial charge in [-0.2, -0.15) is 0 Å². The topological polar surface area (TPSA) is 41.5 Å². The van der Waals surface area contributed by atoms with E-state index in [-0.39, 0.29) is 5.75 Å². The zero-order chi connectivity index (χ0) is 13.8. The molecule has 1 fully saturated rings. The van der Waals surface area contributed by atoms with Gasteiger partial charge in [0.25, 0.3) is 0 Å². The van der Waals surface area contributed by atoms with Crippen molar-refractivity contribution in [2.75, 3.05) is 0 Å². The normalized spacial score (nSPS) is 14.2. The van der Waals surface area contributed by atoms with Gasteiger partial charge in [-0.25, -0.2) is 0 Å². The first kappa shape index (κ1) is 13.0. The Balaban J connectivity index is 1.50. The molecular formula is C17H19NO2. The van der Waals surface area contributed by atoms with Crippen molar-refractivity contribution in [2.45, 2.75) is 32.0 Å². The number of hydrogen-bond acceptors (Lipinski definition) is 3. The fraction of sp³-hybridized carbons (Fsp3) is 0.294. The van der Waals surface area contributed by atoms with Crippen LogP contribution in [0.15, 0.2) is 48.5 Å². The van der Waals surface area contributed by atoms with Crippen molar-refractivity contribution in [1.29, 1.82) is 0 Å². The molecule has 0 atom stereocenters. The van der Waals surface area contributed by atoms with Crippen LogP contribution >= 0.6 is 0 Å². The maximum Gasteiger partial charge on any atom is 0.119 e. The molecule has 2 aromatic carbocycles. The molecule has 1 aliphatic rings. The molecule has 3 rings (SSSR count). The van der Waals surface area contributed by atoms with Crippen LogP contribution in [0.3, 0.4) is 0 Å². The third kappa shape index (κ3) is 3.75. The van der Waals surface area contributed by atoms with Crippen LogP contribution < -0.4 is 10.1 Å². The summed E-state index contributed by atoms with van der Waals surface area (Å²) in [6.45, 7) is 1.45. The van der Waals surface area contributed by atoms with Gasteiger partial charge in [0.15, 0.2) is 0 Å². The molecule has 2 N–H and O–H groups in total. The number of aromatic hydroxyl groups is 1. The predicted molar refractivity (Wildman–Crippen MR) is 78.7 cm³/mol. The second-order valence-electron chi connectivity index (χ2n) is 5.25. The number of ether oxygens (including phenoxy) is 1. The third-order valence-electron chi connectivity index (χ3n) is 3.44. The minimum Gasteiger partial charge on any atom is -0.508 e. The Hall–Kier alpha value is -2.00. The Morgan fingerprint density at radius 1 is 0.950 bits per heavy atom. The van der Waals surface area contributed by atoms with E-state index >= 15 is 0 Å². The number of nitrogens with one attached hydrogen (secondary N) is 1. The zero-order valence-corrected chi connectivity index (χ0v) is 11.4. The largest absolute Gasteiger partial charge is 0.508 e. The van der Waals surface area contributed by atoms with E-state index in [1.807, 2.05) is 24.3 Å². The van der Waals surface area contributed by atoms with Crippen LogP contribution in [0.1, 0.15) is 24.0 Å². The minimum absolute atomic E-state index is 0.279. The maximum atomic E-state index is 9.22. The molecule has 1 saturated carbocycles. The van der Waals surface area contributed by atoms with Gasteiger partial charge in [0.1, 0.15) is 18.1 Å². The van der Waals surface area contributed by atoms with E-state index in [1.165, 1.54) is 18.4 Å². The Labute approximate surface area is 119 Å². The van der Waals surface area contributed by atoms with Gasteiger partial charge in [0.2, 0.25) is 0 Å². The second-order valence-corrected chi connectivity index (χ2v) is 5.25. The Morgan fingerprint density at radius 3 is 2.25 bits per heavy atom. The van der Waals surface area contributed by atoms with Gasteiger partial charge in [-0.15, -0.1) is 0 Å². The molecule has 0 aliphatic heterocycles. The van der Waals surface area contributed by atoms with Crippen molar-refractivity contribution in [3.63, 3.8) is 0 Å². The van der Waals surface area contributed by atoms with Gasteiger partial charge in [0, 0.05) is 12.6 Å². The summed E-state index contributed by atoms with van der Waals surface area (Å²) in [5.74, 6) is 1.15. The lowest BCUT2D eigenvalue weighted by atomic mass is 10.2. The van der Waals surface area contributed by atoms with E-state index in [0.29, 0.717) is 6.61 Å². The van der Waals surface area contributed by atoms with Crippen molar-refractivity contribution >= 4 is 0 Å². The lowest BCUT2D eigenvalue weighted by Gasteiger charge is -2.08. The highest BCUT2D eigenvalue weighted by Crippen LogP contribution is 2.20. The van der Waals surface area contributed by atoms with E-state index in [4.69, 9.17) is 4.74 Å². The molecule has 0 saturated heterocycles. The summed E-state index contributed by atoms with van der Waals surface area (Å²) < 4.78 is 5.72. The van der Waals surface area contributed by atoms with Crippen molar-refractivity contribution in [1.82, 2.24) is 5.32 Å². The molecule has 0 amide bonds. The van der Waals surface area contributed by atoms with Gasteiger partial charge >= 0.3 is 0 Å². The molecule has 0 bridgehead atoms. The minimum atomic E-state index is 0.279. The Bertz CT molecular complexity index is 544. The zero-order valence-electron chi connectivity index (χ0n) is 11.4. The molecule has 0 spiro atoms. The van der Waals surface area contributed by atoms with Crippen molar-refractivity contribution < 1.29 is 9.84 Å². The van der Waals surface area contributed by atoms with E-state index in [9.17, 15) is 5.11 Å². The second kappa shape index (κ2) is 5.97. The van der Waals surface area contributed by atoms with Gasteiger partial charge < -0.3 is 15.2 Å². The lowest BCUT2D eigenvalue weighted by molar-refractivity contribution is 0.306. The summed E-state index contributed by atoms with van der Waals surface area (Å²) in [6.07, 6.45) is 2.63. The number of phenols is 1. The van der Waals surface area contributed by atoms with Gasteiger partial charge in [0.05, 0.1) is 0 Å². The summed E-state index contributed by atoms with van der Waals surface area (Å²) in [5.41, 5.74) is 2.33. The first-order chi connectivity index (χ1) is 9.79. The highest BCUT2D eigenvalue weighted by molar-refractivity contribution is 5.29. The average molecular weight is 269 g/mol. The van der Waals surface area contributed by atoms with Crippen LogP contribution in [0.25, 0.3) is 0 Å². The summed E-state index contributed by atoms with van der Waals surface area (Å²) in [5, 5.41) is 12.7. The van der Waals surface area contributed by atoms with E-state index in [1.54, 1.807) is 12.1 Å². The van der Waals surface area contributed by atoms with Crippen LogP contribution in [0.5, 0.6) is 11.5 Å². The Kier molecular flexibility index (Phi) is 3.88. The van der Waals surface area contributed by atoms with Gasteiger partial charge in [-0.1, -0.05) is 24.3 Å². The van der Waals surface area contributed by atoms with Crippen molar-refractivity contribution in [2.24, 2.45) is 0 Å². The quantitative estimate of drug-likeness (QED) is 0.846.